The van der Waals surface area contributed by atoms with E-state index in [-0.39, 0.29) is 5.56 Å². The van der Waals surface area contributed by atoms with Gasteiger partial charge in [-0.15, -0.1) is 21.5 Å². The topological polar surface area (TPSA) is 78.2 Å². The lowest BCUT2D eigenvalue weighted by molar-refractivity contribution is 0.427. The molecule has 0 saturated carbocycles. The zero-order chi connectivity index (χ0) is 22.4. The Morgan fingerprint density at radius 3 is 2.73 bits per heavy atom. The maximum Gasteiger partial charge on any atom is 0.267 e. The van der Waals surface area contributed by atoms with Gasteiger partial charge in [0.2, 0.25) is 5.78 Å². The Hall–Kier alpha value is -3.69. The van der Waals surface area contributed by atoms with Gasteiger partial charge in [-0.1, -0.05) is 53.3 Å². The number of nitrogens with zero attached hydrogens (tertiary/aromatic N) is 5. The zero-order valence-electron chi connectivity index (χ0n) is 17.5. The Bertz CT molecular complexity index is 1660. The fraction of sp³-hybridized carbons (Fsp3) is 0.0833. The molecule has 0 aliphatic carbocycles. The standard InChI is InChI=1S/C24H17N5O2S2/c1-15-7-2-4-9-18(15)28-22(30)17-8-3-5-10-19(17)29-23(28)25-26-24(29)33-14-16-13-20(31-27-16)21-11-6-12-32-21/h2-13H,14H2,1H3. The van der Waals surface area contributed by atoms with Crippen molar-refractivity contribution in [2.24, 2.45) is 0 Å². The van der Waals surface area contributed by atoms with Gasteiger partial charge in [0.15, 0.2) is 10.9 Å². The van der Waals surface area contributed by atoms with Gasteiger partial charge in [-0.25, -0.2) is 4.57 Å². The van der Waals surface area contributed by atoms with Gasteiger partial charge >= 0.3 is 0 Å². The average Bonchev–Trinajstić information content (AvgIpc) is 3.60. The summed E-state index contributed by atoms with van der Waals surface area (Å²) in [4.78, 5) is 14.5. The number of thiophene rings is 1. The molecule has 7 nitrogen and oxygen atoms in total. The number of aryl methyl sites for hydroxylation is 1. The normalized spacial score (nSPS) is 11.5. The molecule has 0 aliphatic rings. The summed E-state index contributed by atoms with van der Waals surface area (Å²) in [6.07, 6.45) is 0. The molecule has 0 bridgehead atoms. The second-order valence-electron chi connectivity index (χ2n) is 7.51. The number of fused-ring (bicyclic) bond motifs is 3. The second kappa shape index (κ2) is 8.02. The fourth-order valence-corrected chi connectivity index (χ4v) is 5.35. The molecule has 4 heterocycles. The molecule has 9 heteroatoms. The summed E-state index contributed by atoms with van der Waals surface area (Å²) in [6, 6.07) is 21.3. The molecule has 0 amide bonds. The molecule has 2 aromatic carbocycles. The van der Waals surface area contributed by atoms with E-state index in [0.717, 1.165) is 33.1 Å². The number of hydrogen-bond donors (Lipinski definition) is 0. The van der Waals surface area contributed by atoms with E-state index in [0.29, 0.717) is 22.1 Å². The minimum atomic E-state index is -0.117. The molecule has 0 aliphatic heterocycles. The molecule has 6 rings (SSSR count). The molecule has 6 aromatic rings. The Kier molecular flexibility index (Phi) is 4.85. The van der Waals surface area contributed by atoms with Crippen molar-refractivity contribution in [3.05, 3.63) is 93.7 Å². The van der Waals surface area contributed by atoms with Gasteiger partial charge < -0.3 is 4.52 Å². The van der Waals surface area contributed by atoms with Gasteiger partial charge in [-0.3, -0.25) is 9.20 Å². The highest BCUT2D eigenvalue weighted by Crippen LogP contribution is 2.29. The van der Waals surface area contributed by atoms with Crippen molar-refractivity contribution in [1.82, 2.24) is 24.3 Å². The average molecular weight is 472 g/mol. The van der Waals surface area contributed by atoms with Crippen LogP contribution in [0, 0.1) is 6.92 Å². The molecule has 0 unspecified atom stereocenters. The number of benzene rings is 2. The molecule has 0 atom stereocenters. The third-order valence-electron chi connectivity index (χ3n) is 5.42. The van der Waals surface area contributed by atoms with Crippen LogP contribution in [0.1, 0.15) is 11.3 Å². The lowest BCUT2D eigenvalue weighted by Gasteiger charge is -2.13. The smallest absolute Gasteiger partial charge is 0.267 e. The number of hydrogen-bond acceptors (Lipinski definition) is 7. The van der Waals surface area contributed by atoms with Crippen LogP contribution in [-0.4, -0.2) is 24.3 Å². The van der Waals surface area contributed by atoms with E-state index >= 15 is 0 Å². The number of aromatic nitrogens is 5. The molecule has 162 valence electrons. The fourth-order valence-electron chi connectivity index (χ4n) is 3.86. The SMILES string of the molecule is Cc1ccccc1-n1c(=O)c2ccccc2n2c(SCc3cc(-c4cccs4)on3)nnc12. The van der Waals surface area contributed by atoms with Crippen LogP contribution in [0.3, 0.4) is 0 Å². The molecular weight excluding hydrogens is 454 g/mol. The van der Waals surface area contributed by atoms with Crippen LogP contribution in [-0.2, 0) is 5.75 Å². The predicted octanol–water partition coefficient (Wildman–Crippen LogP) is 5.35. The van der Waals surface area contributed by atoms with Crippen molar-refractivity contribution < 1.29 is 4.52 Å². The predicted molar refractivity (Wildman–Crippen MR) is 130 cm³/mol. The first-order valence-electron chi connectivity index (χ1n) is 10.3. The van der Waals surface area contributed by atoms with Gasteiger partial charge in [0.05, 0.1) is 27.2 Å². The first-order valence-corrected chi connectivity index (χ1v) is 12.1. The van der Waals surface area contributed by atoms with E-state index in [1.165, 1.54) is 11.8 Å². The highest BCUT2D eigenvalue weighted by Gasteiger charge is 2.19. The minimum Gasteiger partial charge on any atom is -0.355 e. The molecule has 33 heavy (non-hydrogen) atoms. The van der Waals surface area contributed by atoms with Crippen molar-refractivity contribution in [1.29, 1.82) is 0 Å². The van der Waals surface area contributed by atoms with E-state index in [9.17, 15) is 4.79 Å². The highest BCUT2D eigenvalue weighted by molar-refractivity contribution is 7.98. The monoisotopic (exact) mass is 471 g/mol. The highest BCUT2D eigenvalue weighted by atomic mass is 32.2. The Balaban J connectivity index is 1.46. The first-order chi connectivity index (χ1) is 16.2. The Morgan fingerprint density at radius 1 is 1.03 bits per heavy atom. The maximum atomic E-state index is 13.5. The molecule has 0 spiro atoms. The molecule has 0 saturated heterocycles. The summed E-state index contributed by atoms with van der Waals surface area (Å²) in [7, 11) is 0. The summed E-state index contributed by atoms with van der Waals surface area (Å²) in [5, 5.41) is 16.4. The van der Waals surface area contributed by atoms with Crippen LogP contribution in [0.4, 0.5) is 0 Å². The summed E-state index contributed by atoms with van der Waals surface area (Å²) in [6.45, 7) is 1.98. The first kappa shape index (κ1) is 20.0. The summed E-state index contributed by atoms with van der Waals surface area (Å²) < 4.78 is 9.08. The zero-order valence-corrected chi connectivity index (χ0v) is 19.1. The molecule has 0 N–H and O–H groups in total. The molecule has 4 aromatic heterocycles. The minimum absolute atomic E-state index is 0.117. The van der Waals surface area contributed by atoms with E-state index in [1.807, 2.05) is 83.4 Å². The van der Waals surface area contributed by atoms with E-state index in [2.05, 4.69) is 15.4 Å². The largest absolute Gasteiger partial charge is 0.355 e. The summed E-state index contributed by atoms with van der Waals surface area (Å²) in [5.74, 6) is 1.80. The number of thioether (sulfide) groups is 1. The van der Waals surface area contributed by atoms with Gasteiger partial charge in [0.25, 0.3) is 5.56 Å². The van der Waals surface area contributed by atoms with Gasteiger partial charge in [-0.05, 0) is 42.1 Å². The third-order valence-corrected chi connectivity index (χ3v) is 7.27. The van der Waals surface area contributed by atoms with Crippen molar-refractivity contribution >= 4 is 39.8 Å². The van der Waals surface area contributed by atoms with Crippen molar-refractivity contribution in [3.63, 3.8) is 0 Å². The van der Waals surface area contributed by atoms with E-state index < -0.39 is 0 Å². The van der Waals surface area contributed by atoms with Crippen LogP contribution in [0.5, 0.6) is 0 Å². The maximum absolute atomic E-state index is 13.5. The van der Waals surface area contributed by atoms with Gasteiger partial charge in [-0.2, -0.15) is 0 Å². The second-order valence-corrected chi connectivity index (χ2v) is 9.40. The Labute approximate surface area is 196 Å². The lowest BCUT2D eigenvalue weighted by Crippen LogP contribution is -2.22. The quantitative estimate of drug-likeness (QED) is 0.315. The third kappa shape index (κ3) is 3.37. The van der Waals surface area contributed by atoms with Crippen LogP contribution in [0.15, 0.2) is 86.6 Å². The van der Waals surface area contributed by atoms with Crippen LogP contribution >= 0.6 is 23.1 Å². The van der Waals surface area contributed by atoms with Gasteiger partial charge in [0.1, 0.15) is 0 Å². The van der Waals surface area contributed by atoms with Crippen molar-refractivity contribution in [3.8, 4) is 16.3 Å². The van der Waals surface area contributed by atoms with Crippen LogP contribution < -0.4 is 5.56 Å². The molecule has 0 fully saturated rings. The number of para-hydroxylation sites is 2. The molecular formula is C24H17N5O2S2. The van der Waals surface area contributed by atoms with E-state index in [1.54, 1.807) is 15.9 Å². The van der Waals surface area contributed by atoms with E-state index in [4.69, 9.17) is 4.52 Å². The Morgan fingerprint density at radius 2 is 1.88 bits per heavy atom. The van der Waals surface area contributed by atoms with Crippen LogP contribution in [0.25, 0.3) is 33.0 Å². The lowest BCUT2D eigenvalue weighted by atomic mass is 10.2. The number of rotatable bonds is 5. The van der Waals surface area contributed by atoms with Crippen molar-refractivity contribution in [2.45, 2.75) is 17.8 Å². The molecule has 0 radical (unpaired) electrons. The summed E-state index contributed by atoms with van der Waals surface area (Å²) >= 11 is 3.11. The van der Waals surface area contributed by atoms with Crippen molar-refractivity contribution in [2.75, 3.05) is 0 Å². The van der Waals surface area contributed by atoms with Crippen LogP contribution in [0.2, 0.25) is 0 Å². The van der Waals surface area contributed by atoms with Gasteiger partial charge in [0, 0.05) is 11.8 Å². The summed E-state index contributed by atoms with van der Waals surface area (Å²) in [5.41, 5.74) is 3.25.